The van der Waals surface area contributed by atoms with Gasteiger partial charge in [-0.05, 0) is 43.7 Å². The monoisotopic (exact) mass is 480 g/mol. The Kier molecular flexibility index (Phi) is 6.68. The Morgan fingerprint density at radius 1 is 1.15 bits per heavy atom. The summed E-state index contributed by atoms with van der Waals surface area (Å²) in [6.07, 6.45) is 1.11. The standard InChI is InChI=1S/C22H22F2N2O6S/c1-13(27)22(2,29)12-32-20-17(14-4-7-16(8-5-14)33(3,30)31)11-25-26(21(20)28)15-6-9-18(23)19(24)10-15/h4-11,13,27,29H,12H2,1-3H3/t13?,22-/m1/s1. The van der Waals surface area contributed by atoms with E-state index in [0.717, 1.165) is 29.1 Å². The molecule has 0 saturated heterocycles. The van der Waals surface area contributed by atoms with Gasteiger partial charge in [-0.3, -0.25) is 4.79 Å². The normalized spacial score (nSPS) is 14.5. The van der Waals surface area contributed by atoms with Gasteiger partial charge >= 0.3 is 5.56 Å². The van der Waals surface area contributed by atoms with E-state index in [-0.39, 0.29) is 21.9 Å². The molecule has 176 valence electrons. The zero-order chi connectivity index (χ0) is 24.6. The molecule has 0 radical (unpaired) electrons. The largest absolute Gasteiger partial charge is 0.484 e. The Hall–Kier alpha value is -3.15. The Morgan fingerprint density at radius 3 is 2.33 bits per heavy atom. The predicted molar refractivity (Wildman–Crippen MR) is 116 cm³/mol. The Balaban J connectivity index is 2.15. The van der Waals surface area contributed by atoms with Crippen molar-refractivity contribution in [1.29, 1.82) is 0 Å². The van der Waals surface area contributed by atoms with Gasteiger partial charge in [0, 0.05) is 17.9 Å². The highest BCUT2D eigenvalue weighted by Crippen LogP contribution is 2.29. The van der Waals surface area contributed by atoms with E-state index in [1.807, 2.05) is 0 Å². The van der Waals surface area contributed by atoms with Crippen LogP contribution in [0.2, 0.25) is 0 Å². The highest BCUT2D eigenvalue weighted by atomic mass is 32.2. The molecule has 0 saturated carbocycles. The summed E-state index contributed by atoms with van der Waals surface area (Å²) >= 11 is 0. The van der Waals surface area contributed by atoms with Crippen molar-refractivity contribution in [2.75, 3.05) is 12.9 Å². The maximum absolute atomic E-state index is 13.7. The first-order chi connectivity index (χ1) is 15.3. The quantitative estimate of drug-likeness (QED) is 0.532. The van der Waals surface area contributed by atoms with Gasteiger partial charge in [-0.1, -0.05) is 12.1 Å². The lowest BCUT2D eigenvalue weighted by molar-refractivity contribution is -0.0780. The van der Waals surface area contributed by atoms with E-state index in [4.69, 9.17) is 4.74 Å². The van der Waals surface area contributed by atoms with Crippen molar-refractivity contribution in [3.63, 3.8) is 0 Å². The number of ether oxygens (including phenoxy) is 1. The summed E-state index contributed by atoms with van der Waals surface area (Å²) in [5, 5.41) is 24.1. The van der Waals surface area contributed by atoms with Crippen LogP contribution in [0.25, 0.3) is 16.8 Å². The van der Waals surface area contributed by atoms with Crippen molar-refractivity contribution in [3.05, 3.63) is 70.6 Å². The molecule has 0 amide bonds. The molecule has 33 heavy (non-hydrogen) atoms. The molecule has 0 bridgehead atoms. The summed E-state index contributed by atoms with van der Waals surface area (Å²) in [6.45, 7) is 2.18. The number of benzene rings is 2. The molecule has 11 heteroatoms. The van der Waals surface area contributed by atoms with Gasteiger partial charge in [-0.15, -0.1) is 0 Å². The fourth-order valence-corrected chi connectivity index (χ4v) is 3.43. The van der Waals surface area contributed by atoms with Gasteiger partial charge < -0.3 is 14.9 Å². The van der Waals surface area contributed by atoms with Crippen molar-refractivity contribution < 1.29 is 32.1 Å². The van der Waals surface area contributed by atoms with E-state index in [9.17, 15) is 32.2 Å². The molecule has 1 unspecified atom stereocenters. The maximum atomic E-state index is 13.7. The SMILES string of the molecule is CC(O)[C@](C)(O)COc1c(-c2ccc(S(C)(=O)=O)cc2)cnn(-c2ccc(F)c(F)c2)c1=O. The number of rotatable bonds is 7. The fraction of sp³-hybridized carbons (Fsp3) is 0.273. The van der Waals surface area contributed by atoms with Gasteiger partial charge in [0.1, 0.15) is 12.2 Å². The molecule has 0 aliphatic carbocycles. The number of sulfone groups is 1. The minimum Gasteiger partial charge on any atom is -0.484 e. The topological polar surface area (TPSA) is 119 Å². The highest BCUT2D eigenvalue weighted by Gasteiger charge is 2.29. The minimum atomic E-state index is -3.45. The molecule has 0 fully saturated rings. The maximum Gasteiger partial charge on any atom is 0.314 e. The van der Waals surface area contributed by atoms with Crippen LogP contribution in [-0.4, -0.2) is 53.0 Å². The lowest BCUT2D eigenvalue weighted by atomic mass is 10.0. The Bertz CT molecular complexity index is 1340. The zero-order valence-corrected chi connectivity index (χ0v) is 18.8. The van der Waals surface area contributed by atoms with Crippen LogP contribution in [0.3, 0.4) is 0 Å². The van der Waals surface area contributed by atoms with E-state index in [1.165, 1.54) is 44.3 Å². The number of aliphatic hydroxyl groups excluding tert-OH is 1. The first-order valence-corrected chi connectivity index (χ1v) is 11.6. The zero-order valence-electron chi connectivity index (χ0n) is 18.0. The number of nitrogens with zero attached hydrogens (tertiary/aromatic N) is 2. The second-order valence-electron chi connectivity index (χ2n) is 7.82. The molecule has 0 aliphatic heterocycles. The minimum absolute atomic E-state index is 0.0637. The summed E-state index contributed by atoms with van der Waals surface area (Å²) in [6, 6.07) is 8.39. The van der Waals surface area contributed by atoms with Gasteiger partial charge in [0.25, 0.3) is 0 Å². The second kappa shape index (κ2) is 9.00. The molecule has 8 nitrogen and oxygen atoms in total. The van der Waals surface area contributed by atoms with Crippen LogP contribution in [-0.2, 0) is 9.84 Å². The summed E-state index contributed by atoms with van der Waals surface area (Å²) in [7, 11) is -3.45. The molecule has 2 N–H and O–H groups in total. The van der Waals surface area contributed by atoms with Crippen molar-refractivity contribution in [2.45, 2.75) is 30.4 Å². The first-order valence-electron chi connectivity index (χ1n) is 9.73. The summed E-state index contributed by atoms with van der Waals surface area (Å²) in [4.78, 5) is 13.3. The van der Waals surface area contributed by atoms with E-state index in [2.05, 4.69) is 5.10 Å². The molecule has 1 heterocycles. The molecule has 0 aliphatic rings. The lowest BCUT2D eigenvalue weighted by Crippen LogP contribution is -2.43. The first kappa shape index (κ1) is 24.5. The average molecular weight is 480 g/mol. The molecule has 2 atom stereocenters. The number of aliphatic hydroxyl groups is 2. The van der Waals surface area contributed by atoms with Crippen molar-refractivity contribution in [2.24, 2.45) is 0 Å². The smallest absolute Gasteiger partial charge is 0.314 e. The predicted octanol–water partition coefficient (Wildman–Crippen LogP) is 2.09. The highest BCUT2D eigenvalue weighted by molar-refractivity contribution is 7.90. The van der Waals surface area contributed by atoms with Gasteiger partial charge in [0.15, 0.2) is 27.2 Å². The molecular formula is C22H22F2N2O6S. The van der Waals surface area contributed by atoms with E-state index >= 15 is 0 Å². The lowest BCUT2D eigenvalue weighted by Gasteiger charge is -2.26. The summed E-state index contributed by atoms with van der Waals surface area (Å²) < 4.78 is 56.9. The fourth-order valence-electron chi connectivity index (χ4n) is 2.80. The Morgan fingerprint density at radius 2 is 1.79 bits per heavy atom. The van der Waals surface area contributed by atoms with Crippen LogP contribution in [0.5, 0.6) is 5.75 Å². The van der Waals surface area contributed by atoms with E-state index < -0.39 is 45.3 Å². The number of halogens is 2. The molecule has 1 aromatic heterocycles. The van der Waals surface area contributed by atoms with Crippen molar-refractivity contribution >= 4 is 9.84 Å². The summed E-state index contributed by atoms with van der Waals surface area (Å²) in [5.41, 5.74) is -2.06. The molecule has 3 aromatic rings. The number of hydrogen-bond donors (Lipinski definition) is 2. The number of aromatic nitrogens is 2. The molecular weight excluding hydrogens is 458 g/mol. The molecule has 3 rings (SSSR count). The van der Waals surface area contributed by atoms with Crippen LogP contribution in [0.1, 0.15) is 13.8 Å². The van der Waals surface area contributed by atoms with Crippen LogP contribution in [0, 0.1) is 11.6 Å². The van der Waals surface area contributed by atoms with Crippen LogP contribution < -0.4 is 10.3 Å². The van der Waals surface area contributed by atoms with Gasteiger partial charge in [0.05, 0.1) is 22.9 Å². The Labute approximate surface area is 188 Å². The summed E-state index contributed by atoms with van der Waals surface area (Å²) in [5.74, 6) is -2.57. The van der Waals surface area contributed by atoms with Crippen LogP contribution >= 0.6 is 0 Å². The van der Waals surface area contributed by atoms with E-state index in [0.29, 0.717) is 5.56 Å². The van der Waals surface area contributed by atoms with Crippen molar-refractivity contribution in [1.82, 2.24) is 9.78 Å². The van der Waals surface area contributed by atoms with Gasteiger partial charge in [-0.2, -0.15) is 9.78 Å². The second-order valence-corrected chi connectivity index (χ2v) is 9.84. The third-order valence-electron chi connectivity index (χ3n) is 5.08. The molecule has 2 aromatic carbocycles. The van der Waals surface area contributed by atoms with Crippen LogP contribution in [0.15, 0.2) is 58.4 Å². The van der Waals surface area contributed by atoms with Gasteiger partial charge in [-0.25, -0.2) is 17.2 Å². The van der Waals surface area contributed by atoms with Crippen molar-refractivity contribution in [3.8, 4) is 22.6 Å². The third-order valence-corrected chi connectivity index (χ3v) is 6.21. The van der Waals surface area contributed by atoms with Crippen LogP contribution in [0.4, 0.5) is 8.78 Å². The molecule has 0 spiro atoms. The average Bonchev–Trinajstić information content (AvgIpc) is 2.74. The third kappa shape index (κ3) is 5.27. The van der Waals surface area contributed by atoms with Gasteiger partial charge in [0.2, 0.25) is 0 Å². The van der Waals surface area contributed by atoms with E-state index in [1.54, 1.807) is 0 Å². The number of hydrogen-bond acceptors (Lipinski definition) is 7.